The van der Waals surface area contributed by atoms with E-state index in [1.807, 2.05) is 20.8 Å². The average molecular weight is 334 g/mol. The van der Waals surface area contributed by atoms with Gasteiger partial charge < -0.3 is 10.1 Å². The van der Waals surface area contributed by atoms with Gasteiger partial charge in [0.2, 0.25) is 10.6 Å². The van der Waals surface area contributed by atoms with Crippen LogP contribution in [-0.4, -0.2) is 51.2 Å². The maximum Gasteiger partial charge on any atom is 0.411 e. The normalized spacial score (nSPS) is 19.5. The highest BCUT2D eigenvalue weighted by molar-refractivity contribution is 6.31. The molecule has 1 saturated heterocycles. The van der Waals surface area contributed by atoms with Gasteiger partial charge in [0.15, 0.2) is 5.82 Å². The smallest absolute Gasteiger partial charge is 0.411 e. The van der Waals surface area contributed by atoms with Crippen molar-refractivity contribution in [3.05, 3.63) is 16.4 Å². The largest absolute Gasteiger partial charge is 0.444 e. The maximum absolute atomic E-state index is 12.3. The predicted molar refractivity (Wildman–Crippen MR) is 78.4 cm³/mol. The number of ether oxygens (including phenoxy) is 1. The van der Waals surface area contributed by atoms with Crippen LogP contribution in [0.3, 0.4) is 0 Å². The van der Waals surface area contributed by atoms with Gasteiger partial charge >= 0.3 is 6.09 Å². The third-order valence-electron chi connectivity index (χ3n) is 2.77. The second kappa shape index (κ2) is 6.29. The van der Waals surface area contributed by atoms with Crippen molar-refractivity contribution in [1.29, 1.82) is 0 Å². The van der Waals surface area contributed by atoms with Gasteiger partial charge in [-0.1, -0.05) is 0 Å². The minimum absolute atomic E-state index is 0.000266. The van der Waals surface area contributed by atoms with Crippen molar-refractivity contribution in [3.63, 3.8) is 0 Å². The minimum Gasteiger partial charge on any atom is -0.444 e. The summed E-state index contributed by atoms with van der Waals surface area (Å²) < 4.78 is 5.41. The second-order valence-corrected chi connectivity index (χ2v) is 6.30. The number of amides is 1. The topological polar surface area (TPSA) is 80.2 Å². The molecule has 1 atom stereocenters. The second-order valence-electron chi connectivity index (χ2n) is 5.63. The van der Waals surface area contributed by atoms with Crippen molar-refractivity contribution >= 4 is 29.3 Å². The van der Waals surface area contributed by atoms with Crippen molar-refractivity contribution in [2.75, 3.05) is 19.6 Å². The van der Waals surface area contributed by atoms with Crippen molar-refractivity contribution in [1.82, 2.24) is 25.2 Å². The number of halogens is 2. The zero-order valence-corrected chi connectivity index (χ0v) is 13.6. The van der Waals surface area contributed by atoms with Crippen molar-refractivity contribution in [2.45, 2.75) is 32.4 Å². The Morgan fingerprint density at radius 1 is 1.29 bits per heavy atom. The Labute approximate surface area is 133 Å². The third-order valence-corrected chi connectivity index (χ3v) is 3.11. The van der Waals surface area contributed by atoms with E-state index in [1.54, 1.807) is 4.90 Å². The van der Waals surface area contributed by atoms with Crippen LogP contribution < -0.4 is 5.32 Å². The van der Waals surface area contributed by atoms with E-state index in [-0.39, 0.29) is 10.6 Å². The molecule has 0 saturated carbocycles. The molecule has 1 aromatic heterocycles. The van der Waals surface area contributed by atoms with Crippen LogP contribution in [0.15, 0.2) is 0 Å². The Morgan fingerprint density at radius 3 is 2.48 bits per heavy atom. The Hall–Kier alpha value is -1.18. The van der Waals surface area contributed by atoms with E-state index >= 15 is 0 Å². The predicted octanol–water partition coefficient (Wildman–Crippen LogP) is 2.06. The lowest BCUT2D eigenvalue weighted by atomic mass is 10.2. The highest BCUT2D eigenvalue weighted by Gasteiger charge is 2.33. The van der Waals surface area contributed by atoms with Gasteiger partial charge in [-0.25, -0.2) is 14.8 Å². The average Bonchev–Trinajstić information content (AvgIpc) is 2.35. The molecule has 1 unspecified atom stereocenters. The fraction of sp³-hybridized carbons (Fsp3) is 0.667. The summed E-state index contributed by atoms with van der Waals surface area (Å²) >= 11 is 11.6. The maximum atomic E-state index is 12.3. The highest BCUT2D eigenvalue weighted by atomic mass is 35.5. The molecule has 7 nitrogen and oxygen atoms in total. The van der Waals surface area contributed by atoms with Crippen molar-refractivity contribution < 1.29 is 9.53 Å². The van der Waals surface area contributed by atoms with Crippen LogP contribution in [0.2, 0.25) is 10.6 Å². The summed E-state index contributed by atoms with van der Waals surface area (Å²) in [5.41, 5.74) is -0.569. The molecule has 0 aliphatic carbocycles. The molecule has 0 aromatic carbocycles. The number of aromatic nitrogens is 3. The zero-order valence-electron chi connectivity index (χ0n) is 12.1. The molecule has 0 radical (unpaired) electrons. The summed E-state index contributed by atoms with van der Waals surface area (Å²) in [6.07, 6.45) is -0.415. The van der Waals surface area contributed by atoms with E-state index in [0.29, 0.717) is 25.5 Å². The lowest BCUT2D eigenvalue weighted by Crippen LogP contribution is -2.50. The molecule has 1 N–H and O–H groups in total. The van der Waals surface area contributed by atoms with Crippen LogP contribution in [0.1, 0.15) is 32.6 Å². The first-order valence-electron chi connectivity index (χ1n) is 6.53. The van der Waals surface area contributed by atoms with Gasteiger partial charge in [0.05, 0.1) is 0 Å². The number of hydrogen-bond acceptors (Lipinski definition) is 6. The van der Waals surface area contributed by atoms with Crippen LogP contribution in [0.25, 0.3) is 0 Å². The summed E-state index contributed by atoms with van der Waals surface area (Å²) in [6, 6.07) is -0.397. The number of piperazine rings is 1. The molecular formula is C12H17Cl2N5O2. The molecule has 1 aromatic rings. The first-order valence-corrected chi connectivity index (χ1v) is 7.29. The van der Waals surface area contributed by atoms with E-state index in [2.05, 4.69) is 20.3 Å². The molecule has 1 aliphatic rings. The van der Waals surface area contributed by atoms with E-state index in [9.17, 15) is 4.79 Å². The van der Waals surface area contributed by atoms with Gasteiger partial charge in [0.1, 0.15) is 11.6 Å². The van der Waals surface area contributed by atoms with Crippen molar-refractivity contribution in [3.8, 4) is 0 Å². The standard InChI is InChI=1S/C12H17Cl2N5O2/c1-12(2,3)21-11(20)19-5-4-15-6-7(19)8-16-9(13)18-10(14)17-8/h7,15H,4-6H2,1-3H3. The summed E-state index contributed by atoms with van der Waals surface area (Å²) in [5, 5.41) is 3.18. The van der Waals surface area contributed by atoms with Crippen LogP contribution in [0.4, 0.5) is 4.79 Å². The fourth-order valence-electron chi connectivity index (χ4n) is 1.96. The van der Waals surface area contributed by atoms with Crippen molar-refractivity contribution in [2.24, 2.45) is 0 Å². The van der Waals surface area contributed by atoms with Crippen LogP contribution in [0, 0.1) is 0 Å². The Bertz CT molecular complexity index is 515. The first kappa shape index (κ1) is 16.2. The van der Waals surface area contributed by atoms with Gasteiger partial charge in [-0.05, 0) is 44.0 Å². The van der Waals surface area contributed by atoms with Gasteiger partial charge in [-0.15, -0.1) is 0 Å². The van der Waals surface area contributed by atoms with E-state index in [1.165, 1.54) is 0 Å². The highest BCUT2D eigenvalue weighted by Crippen LogP contribution is 2.23. The number of rotatable bonds is 1. The molecule has 1 aliphatic heterocycles. The summed E-state index contributed by atoms with van der Waals surface area (Å²) in [4.78, 5) is 25.7. The summed E-state index contributed by atoms with van der Waals surface area (Å²) in [6.45, 7) is 7.11. The zero-order chi connectivity index (χ0) is 15.6. The number of nitrogens with one attached hydrogen (secondary N) is 1. The first-order chi connectivity index (χ1) is 9.76. The molecule has 1 amide bonds. The lowest BCUT2D eigenvalue weighted by molar-refractivity contribution is 0.0108. The van der Waals surface area contributed by atoms with Crippen LogP contribution in [-0.2, 0) is 4.74 Å². The molecular weight excluding hydrogens is 317 g/mol. The molecule has 0 spiro atoms. The number of carbonyl (C=O) groups excluding carboxylic acids is 1. The van der Waals surface area contributed by atoms with Gasteiger partial charge in [-0.3, -0.25) is 4.90 Å². The van der Waals surface area contributed by atoms with Crippen LogP contribution >= 0.6 is 23.2 Å². The molecule has 116 valence electrons. The Kier molecular flexibility index (Phi) is 4.85. The third kappa shape index (κ3) is 4.39. The number of hydrogen-bond donors (Lipinski definition) is 1. The lowest BCUT2D eigenvalue weighted by Gasteiger charge is -2.36. The molecule has 9 heteroatoms. The van der Waals surface area contributed by atoms with Crippen LogP contribution in [0.5, 0.6) is 0 Å². The SMILES string of the molecule is CC(C)(C)OC(=O)N1CCNCC1c1nc(Cl)nc(Cl)n1. The quantitative estimate of drug-likeness (QED) is 0.847. The van der Waals surface area contributed by atoms with Gasteiger partial charge in [-0.2, -0.15) is 4.98 Å². The monoisotopic (exact) mass is 333 g/mol. The number of carbonyl (C=O) groups is 1. The minimum atomic E-state index is -0.569. The molecule has 1 fully saturated rings. The Morgan fingerprint density at radius 2 is 1.90 bits per heavy atom. The van der Waals surface area contributed by atoms with E-state index in [0.717, 1.165) is 0 Å². The van der Waals surface area contributed by atoms with Gasteiger partial charge in [0, 0.05) is 19.6 Å². The fourth-order valence-corrected chi connectivity index (χ4v) is 2.34. The van der Waals surface area contributed by atoms with E-state index in [4.69, 9.17) is 27.9 Å². The van der Waals surface area contributed by atoms with E-state index < -0.39 is 17.7 Å². The molecule has 0 bridgehead atoms. The van der Waals surface area contributed by atoms with Gasteiger partial charge in [0.25, 0.3) is 0 Å². The molecule has 21 heavy (non-hydrogen) atoms. The Balaban J connectivity index is 2.24. The molecule has 2 heterocycles. The summed E-state index contributed by atoms with van der Waals surface area (Å²) in [7, 11) is 0. The number of nitrogens with zero attached hydrogens (tertiary/aromatic N) is 4. The molecule has 2 rings (SSSR count). The summed E-state index contributed by atoms with van der Waals surface area (Å²) in [5.74, 6) is 0.345.